The van der Waals surface area contributed by atoms with Crippen LogP contribution in [-0.4, -0.2) is 16.5 Å². The van der Waals surface area contributed by atoms with Crippen LogP contribution in [0.4, 0.5) is 5.82 Å². The van der Waals surface area contributed by atoms with Gasteiger partial charge in [0.15, 0.2) is 0 Å². The molecule has 18 heavy (non-hydrogen) atoms. The Morgan fingerprint density at radius 2 is 2.22 bits per heavy atom. The zero-order valence-corrected chi connectivity index (χ0v) is 11.5. The molecule has 0 aromatic carbocycles. The highest BCUT2D eigenvalue weighted by atomic mass is 32.2. The molecule has 2 rings (SSSR count). The van der Waals surface area contributed by atoms with Crippen LogP contribution >= 0.6 is 11.8 Å². The van der Waals surface area contributed by atoms with Crippen molar-refractivity contribution in [2.24, 2.45) is 0 Å². The Morgan fingerprint density at radius 1 is 1.33 bits per heavy atom. The number of thioether (sulfide) groups is 1. The Bertz CT molecular complexity index is 485. The molecule has 0 unspecified atom stereocenters. The third-order valence-electron chi connectivity index (χ3n) is 2.37. The molecular formula is C13H17N3OS. The zero-order valence-electron chi connectivity index (χ0n) is 10.6. The molecule has 1 N–H and O–H groups in total. The first-order valence-electron chi connectivity index (χ1n) is 6.08. The SMILES string of the molecule is CCNc1cc(SCc2ccco2)nc(CC)n1. The normalized spacial score (nSPS) is 10.6. The van der Waals surface area contributed by atoms with Crippen molar-refractivity contribution in [3.8, 4) is 0 Å². The van der Waals surface area contributed by atoms with E-state index in [0.29, 0.717) is 0 Å². The summed E-state index contributed by atoms with van der Waals surface area (Å²) in [6, 6.07) is 5.85. The van der Waals surface area contributed by atoms with Gasteiger partial charge in [-0.05, 0) is 19.1 Å². The van der Waals surface area contributed by atoms with Crippen LogP contribution in [0.2, 0.25) is 0 Å². The fourth-order valence-electron chi connectivity index (χ4n) is 1.52. The van der Waals surface area contributed by atoms with Gasteiger partial charge in [-0.1, -0.05) is 18.7 Å². The van der Waals surface area contributed by atoms with E-state index in [1.165, 1.54) is 0 Å². The largest absolute Gasteiger partial charge is 0.468 e. The highest BCUT2D eigenvalue weighted by Crippen LogP contribution is 2.23. The van der Waals surface area contributed by atoms with Crippen LogP contribution in [-0.2, 0) is 12.2 Å². The lowest BCUT2D eigenvalue weighted by Crippen LogP contribution is -2.03. The number of hydrogen-bond acceptors (Lipinski definition) is 5. The Hall–Kier alpha value is -1.49. The maximum atomic E-state index is 5.31. The summed E-state index contributed by atoms with van der Waals surface area (Å²) >= 11 is 1.66. The van der Waals surface area contributed by atoms with Gasteiger partial charge in [0, 0.05) is 19.0 Å². The molecule has 0 radical (unpaired) electrons. The number of hydrogen-bond donors (Lipinski definition) is 1. The van der Waals surface area contributed by atoms with Crippen molar-refractivity contribution < 1.29 is 4.42 Å². The number of anilines is 1. The smallest absolute Gasteiger partial charge is 0.131 e. The summed E-state index contributed by atoms with van der Waals surface area (Å²) in [4.78, 5) is 8.93. The molecule has 2 aromatic heterocycles. The second-order valence-corrected chi connectivity index (χ2v) is 4.76. The van der Waals surface area contributed by atoms with Crippen molar-refractivity contribution in [3.05, 3.63) is 36.0 Å². The molecule has 0 atom stereocenters. The van der Waals surface area contributed by atoms with Crippen LogP contribution in [0, 0.1) is 0 Å². The Kier molecular flexibility index (Phi) is 4.64. The van der Waals surface area contributed by atoms with E-state index in [-0.39, 0.29) is 0 Å². The maximum absolute atomic E-state index is 5.31. The van der Waals surface area contributed by atoms with Crippen molar-refractivity contribution in [1.29, 1.82) is 0 Å². The van der Waals surface area contributed by atoms with E-state index in [0.717, 1.165) is 41.1 Å². The zero-order chi connectivity index (χ0) is 12.8. The van der Waals surface area contributed by atoms with Crippen molar-refractivity contribution in [2.75, 3.05) is 11.9 Å². The lowest BCUT2D eigenvalue weighted by molar-refractivity contribution is 0.530. The molecule has 0 aliphatic carbocycles. The van der Waals surface area contributed by atoms with Gasteiger partial charge in [-0.15, -0.1) is 0 Å². The minimum atomic E-state index is 0.790. The average Bonchev–Trinajstić information content (AvgIpc) is 2.89. The predicted octanol–water partition coefficient (Wildman–Crippen LogP) is 3.36. The lowest BCUT2D eigenvalue weighted by Gasteiger charge is -2.07. The van der Waals surface area contributed by atoms with Gasteiger partial charge < -0.3 is 9.73 Å². The van der Waals surface area contributed by atoms with Crippen LogP contribution < -0.4 is 5.32 Å². The highest BCUT2D eigenvalue weighted by molar-refractivity contribution is 7.98. The van der Waals surface area contributed by atoms with E-state index in [2.05, 4.69) is 29.1 Å². The van der Waals surface area contributed by atoms with E-state index in [1.54, 1.807) is 18.0 Å². The van der Waals surface area contributed by atoms with Crippen molar-refractivity contribution in [3.63, 3.8) is 0 Å². The molecule has 0 amide bonds. The fraction of sp³-hybridized carbons (Fsp3) is 0.385. The predicted molar refractivity (Wildman–Crippen MR) is 73.8 cm³/mol. The minimum Gasteiger partial charge on any atom is -0.468 e. The highest BCUT2D eigenvalue weighted by Gasteiger charge is 2.05. The lowest BCUT2D eigenvalue weighted by atomic mass is 10.4. The fourth-order valence-corrected chi connectivity index (χ4v) is 2.34. The summed E-state index contributed by atoms with van der Waals surface area (Å²) in [5, 5.41) is 4.21. The van der Waals surface area contributed by atoms with Crippen LogP contribution in [0.25, 0.3) is 0 Å². The molecule has 2 aromatic rings. The number of furan rings is 1. The molecule has 0 aliphatic heterocycles. The van der Waals surface area contributed by atoms with Gasteiger partial charge in [-0.2, -0.15) is 0 Å². The number of rotatable bonds is 6. The molecule has 5 heteroatoms. The molecule has 2 heterocycles. The van der Waals surface area contributed by atoms with Gasteiger partial charge >= 0.3 is 0 Å². The Balaban J connectivity index is 2.08. The second-order valence-electron chi connectivity index (χ2n) is 3.76. The topological polar surface area (TPSA) is 51.0 Å². The molecule has 0 spiro atoms. The number of aromatic nitrogens is 2. The minimum absolute atomic E-state index is 0.790. The first-order valence-corrected chi connectivity index (χ1v) is 7.07. The Labute approximate surface area is 111 Å². The molecule has 4 nitrogen and oxygen atoms in total. The molecule has 96 valence electrons. The number of nitrogens with zero attached hydrogens (tertiary/aromatic N) is 2. The summed E-state index contributed by atoms with van der Waals surface area (Å²) in [5.41, 5.74) is 0. The molecular weight excluding hydrogens is 246 g/mol. The van der Waals surface area contributed by atoms with Gasteiger partial charge in [0.05, 0.1) is 12.0 Å². The second kappa shape index (κ2) is 6.44. The number of aryl methyl sites for hydroxylation is 1. The first kappa shape index (κ1) is 13.0. The summed E-state index contributed by atoms with van der Waals surface area (Å²) in [7, 11) is 0. The van der Waals surface area contributed by atoms with Crippen LogP contribution in [0.15, 0.2) is 33.9 Å². The van der Waals surface area contributed by atoms with Crippen LogP contribution in [0.3, 0.4) is 0 Å². The van der Waals surface area contributed by atoms with Crippen molar-refractivity contribution in [1.82, 2.24) is 9.97 Å². The molecule has 0 saturated carbocycles. The molecule has 0 saturated heterocycles. The average molecular weight is 263 g/mol. The Morgan fingerprint density at radius 3 is 2.89 bits per heavy atom. The summed E-state index contributed by atoms with van der Waals surface area (Å²) in [6.07, 6.45) is 2.53. The molecule has 0 fully saturated rings. The number of nitrogens with one attached hydrogen (secondary N) is 1. The van der Waals surface area contributed by atoms with E-state index >= 15 is 0 Å². The van der Waals surface area contributed by atoms with Gasteiger partial charge in [0.2, 0.25) is 0 Å². The van der Waals surface area contributed by atoms with E-state index in [1.807, 2.05) is 18.2 Å². The standard InChI is InChI=1S/C13H17N3OS/c1-3-11-15-12(14-4-2)8-13(16-11)18-9-10-6-5-7-17-10/h5-8H,3-4,9H2,1-2H3,(H,14,15,16). The summed E-state index contributed by atoms with van der Waals surface area (Å²) < 4.78 is 5.31. The third kappa shape index (κ3) is 3.50. The summed E-state index contributed by atoms with van der Waals surface area (Å²) in [5.74, 6) is 3.52. The van der Waals surface area contributed by atoms with Gasteiger partial charge in [0.1, 0.15) is 22.4 Å². The molecule has 0 aliphatic rings. The first-order chi connectivity index (χ1) is 8.81. The van der Waals surface area contributed by atoms with E-state index < -0.39 is 0 Å². The van der Waals surface area contributed by atoms with Crippen molar-refractivity contribution >= 4 is 17.6 Å². The summed E-state index contributed by atoms with van der Waals surface area (Å²) in [6.45, 7) is 4.98. The van der Waals surface area contributed by atoms with E-state index in [9.17, 15) is 0 Å². The maximum Gasteiger partial charge on any atom is 0.131 e. The van der Waals surface area contributed by atoms with Gasteiger partial charge in [-0.3, -0.25) is 0 Å². The third-order valence-corrected chi connectivity index (χ3v) is 3.30. The van der Waals surface area contributed by atoms with Crippen LogP contribution in [0.5, 0.6) is 0 Å². The van der Waals surface area contributed by atoms with Gasteiger partial charge in [0.25, 0.3) is 0 Å². The van der Waals surface area contributed by atoms with Crippen molar-refractivity contribution in [2.45, 2.75) is 31.0 Å². The van der Waals surface area contributed by atoms with E-state index in [4.69, 9.17) is 4.42 Å². The molecule has 0 bridgehead atoms. The monoisotopic (exact) mass is 263 g/mol. The van der Waals surface area contributed by atoms with Gasteiger partial charge in [-0.25, -0.2) is 9.97 Å². The van der Waals surface area contributed by atoms with Crippen LogP contribution in [0.1, 0.15) is 25.4 Å². The quantitative estimate of drug-likeness (QED) is 0.639.